The van der Waals surface area contributed by atoms with Crippen molar-refractivity contribution in [3.8, 4) is 0 Å². The highest BCUT2D eigenvalue weighted by molar-refractivity contribution is 5.30. The van der Waals surface area contributed by atoms with Crippen LogP contribution < -0.4 is 11.5 Å². The Kier molecular flexibility index (Phi) is 5.67. The summed E-state index contributed by atoms with van der Waals surface area (Å²) in [4.78, 5) is 0. The van der Waals surface area contributed by atoms with Crippen molar-refractivity contribution < 1.29 is 0 Å². The predicted molar refractivity (Wildman–Crippen MR) is 74.5 cm³/mol. The quantitative estimate of drug-likeness (QED) is 0.764. The Labute approximate surface area is 104 Å². The average molecular weight is 230 g/mol. The van der Waals surface area contributed by atoms with Gasteiger partial charge in [0.1, 0.15) is 0 Å². The summed E-state index contributed by atoms with van der Waals surface area (Å²) in [5.41, 5.74) is 14.5. The maximum Gasteiger partial charge on any atom is 0.0491 e. The van der Waals surface area contributed by atoms with Gasteiger partial charge in [0.2, 0.25) is 0 Å². The summed E-state index contributed by atoms with van der Waals surface area (Å²) in [6, 6.07) is 9.66. The number of hydrogen-bond donors (Lipinski definition) is 2. The minimum absolute atomic E-state index is 0.162. The summed E-state index contributed by atoms with van der Waals surface area (Å²) < 4.78 is 0. The summed E-state index contributed by atoms with van der Waals surface area (Å²) in [7, 11) is 0. The van der Waals surface area contributed by atoms with Crippen molar-refractivity contribution in [2.45, 2.75) is 32.4 Å². The number of hydrogen-bond acceptors (Lipinski definition) is 2. The number of allylic oxidation sites excluding steroid dienone is 2. The largest absolute Gasteiger partial charge is 0.322 e. The van der Waals surface area contributed by atoms with E-state index in [4.69, 9.17) is 11.5 Å². The number of nitrogens with two attached hydrogens (primary N) is 2. The zero-order valence-corrected chi connectivity index (χ0v) is 10.6. The van der Waals surface area contributed by atoms with Gasteiger partial charge in [0.15, 0.2) is 0 Å². The maximum atomic E-state index is 6.20. The molecule has 92 valence electrons. The highest BCUT2D eigenvalue weighted by Crippen LogP contribution is 2.18. The van der Waals surface area contributed by atoms with Gasteiger partial charge in [-0.2, -0.15) is 0 Å². The van der Waals surface area contributed by atoms with Crippen molar-refractivity contribution in [3.63, 3.8) is 0 Å². The smallest absolute Gasteiger partial charge is 0.0491 e. The van der Waals surface area contributed by atoms with Crippen LogP contribution >= 0.6 is 0 Å². The first-order chi connectivity index (χ1) is 8.20. The Morgan fingerprint density at radius 2 is 1.88 bits per heavy atom. The lowest BCUT2D eigenvalue weighted by Gasteiger charge is -2.21. The number of benzene rings is 1. The van der Waals surface area contributed by atoms with Crippen LogP contribution in [-0.4, -0.2) is 6.04 Å². The van der Waals surface area contributed by atoms with Crippen molar-refractivity contribution in [2.75, 3.05) is 0 Å². The van der Waals surface area contributed by atoms with Crippen LogP contribution in [0.2, 0.25) is 0 Å². The molecule has 0 aromatic heterocycles. The molecule has 2 heteroatoms. The molecule has 0 spiro atoms. The first-order valence-corrected chi connectivity index (χ1v) is 6.09. The maximum absolute atomic E-state index is 6.20. The van der Waals surface area contributed by atoms with Gasteiger partial charge in [0, 0.05) is 12.1 Å². The van der Waals surface area contributed by atoms with E-state index in [2.05, 4.69) is 19.1 Å². The standard InChI is InChI=1S/C15H22N2/c1-3-5-9-12(4-2)14(16)15(17)13-10-7-6-8-11-13/h4-11,14-15H,3,16-17H2,1-2H3/b9-5-,12-4+. The van der Waals surface area contributed by atoms with Crippen molar-refractivity contribution in [3.05, 3.63) is 59.7 Å². The van der Waals surface area contributed by atoms with Crippen molar-refractivity contribution in [1.82, 2.24) is 0 Å². The van der Waals surface area contributed by atoms with E-state index in [1.807, 2.05) is 43.3 Å². The van der Waals surface area contributed by atoms with Crippen LogP contribution in [0.4, 0.5) is 0 Å². The highest BCUT2D eigenvalue weighted by atomic mass is 14.8. The van der Waals surface area contributed by atoms with Crippen LogP contribution in [0.1, 0.15) is 31.9 Å². The zero-order chi connectivity index (χ0) is 12.7. The molecule has 0 aliphatic carbocycles. The van der Waals surface area contributed by atoms with E-state index in [9.17, 15) is 0 Å². The predicted octanol–water partition coefficient (Wildman–Crippen LogP) is 2.93. The Hall–Kier alpha value is -1.38. The second-order valence-corrected chi connectivity index (χ2v) is 4.06. The SMILES string of the molecule is C/C=C(\C=C/CC)C(N)C(N)c1ccccc1. The molecule has 0 aliphatic rings. The van der Waals surface area contributed by atoms with Gasteiger partial charge in [-0.15, -0.1) is 0 Å². The average Bonchev–Trinajstić information content (AvgIpc) is 2.39. The van der Waals surface area contributed by atoms with Gasteiger partial charge < -0.3 is 11.5 Å². The Balaban J connectivity index is 2.82. The topological polar surface area (TPSA) is 52.0 Å². The molecule has 1 aromatic carbocycles. The lowest BCUT2D eigenvalue weighted by molar-refractivity contribution is 0.618. The van der Waals surface area contributed by atoms with Crippen molar-refractivity contribution in [1.29, 1.82) is 0 Å². The van der Waals surface area contributed by atoms with Gasteiger partial charge in [-0.05, 0) is 24.5 Å². The molecule has 0 amide bonds. The van der Waals surface area contributed by atoms with Crippen LogP contribution in [0, 0.1) is 0 Å². The molecule has 1 aromatic rings. The summed E-state index contributed by atoms with van der Waals surface area (Å²) >= 11 is 0. The van der Waals surface area contributed by atoms with Crippen LogP contribution in [-0.2, 0) is 0 Å². The molecular weight excluding hydrogens is 208 g/mol. The summed E-state index contributed by atoms with van der Waals surface area (Å²) in [6.45, 7) is 4.10. The summed E-state index contributed by atoms with van der Waals surface area (Å²) in [5.74, 6) is 0. The lowest BCUT2D eigenvalue weighted by Crippen LogP contribution is -2.35. The van der Waals surface area contributed by atoms with E-state index in [1.54, 1.807) is 0 Å². The minimum atomic E-state index is -0.163. The van der Waals surface area contributed by atoms with Crippen molar-refractivity contribution in [2.24, 2.45) is 11.5 Å². The third-order valence-corrected chi connectivity index (χ3v) is 2.84. The second-order valence-electron chi connectivity index (χ2n) is 4.06. The van der Waals surface area contributed by atoms with E-state index in [1.165, 1.54) is 0 Å². The first kappa shape index (κ1) is 13.7. The van der Waals surface area contributed by atoms with Gasteiger partial charge in [0.25, 0.3) is 0 Å². The Morgan fingerprint density at radius 1 is 1.24 bits per heavy atom. The molecule has 0 fully saturated rings. The van der Waals surface area contributed by atoms with E-state index in [-0.39, 0.29) is 12.1 Å². The van der Waals surface area contributed by atoms with Gasteiger partial charge in [-0.3, -0.25) is 0 Å². The third kappa shape index (κ3) is 3.84. The highest BCUT2D eigenvalue weighted by Gasteiger charge is 2.16. The van der Waals surface area contributed by atoms with Gasteiger partial charge >= 0.3 is 0 Å². The molecule has 0 saturated heterocycles. The molecular formula is C15H22N2. The summed E-state index contributed by atoms with van der Waals surface area (Å²) in [5, 5.41) is 0. The normalized spacial score (nSPS) is 16.1. The lowest BCUT2D eigenvalue weighted by atomic mass is 9.94. The van der Waals surface area contributed by atoms with Crippen LogP contribution in [0.25, 0.3) is 0 Å². The third-order valence-electron chi connectivity index (χ3n) is 2.84. The molecule has 4 N–H and O–H groups in total. The Bertz CT molecular complexity index is 379. The fourth-order valence-electron chi connectivity index (χ4n) is 1.74. The molecule has 0 bridgehead atoms. The number of rotatable bonds is 5. The molecule has 0 aliphatic heterocycles. The van der Waals surface area contributed by atoms with Gasteiger partial charge in [-0.1, -0.05) is 55.5 Å². The van der Waals surface area contributed by atoms with Gasteiger partial charge in [0.05, 0.1) is 0 Å². The van der Waals surface area contributed by atoms with Gasteiger partial charge in [-0.25, -0.2) is 0 Å². The summed E-state index contributed by atoms with van der Waals surface area (Å²) in [6.07, 6.45) is 7.20. The van der Waals surface area contributed by atoms with E-state index >= 15 is 0 Å². The molecule has 17 heavy (non-hydrogen) atoms. The van der Waals surface area contributed by atoms with Crippen LogP contribution in [0.5, 0.6) is 0 Å². The molecule has 1 rings (SSSR count). The fourth-order valence-corrected chi connectivity index (χ4v) is 1.74. The van der Waals surface area contributed by atoms with Crippen LogP contribution in [0.3, 0.4) is 0 Å². The second kappa shape index (κ2) is 7.05. The van der Waals surface area contributed by atoms with Crippen LogP contribution in [0.15, 0.2) is 54.1 Å². The molecule has 2 unspecified atom stereocenters. The van der Waals surface area contributed by atoms with E-state index < -0.39 is 0 Å². The first-order valence-electron chi connectivity index (χ1n) is 6.09. The van der Waals surface area contributed by atoms with Crippen molar-refractivity contribution >= 4 is 0 Å². The Morgan fingerprint density at radius 3 is 2.41 bits per heavy atom. The van der Waals surface area contributed by atoms with E-state index in [0.717, 1.165) is 17.6 Å². The zero-order valence-electron chi connectivity index (χ0n) is 10.6. The van der Waals surface area contributed by atoms with E-state index in [0.29, 0.717) is 0 Å². The minimum Gasteiger partial charge on any atom is -0.322 e. The fraction of sp³-hybridized carbons (Fsp3) is 0.333. The molecule has 0 radical (unpaired) electrons. The molecule has 0 saturated carbocycles. The molecule has 2 nitrogen and oxygen atoms in total. The molecule has 0 heterocycles. The monoisotopic (exact) mass is 230 g/mol. The molecule has 2 atom stereocenters.